The molecule has 104 valence electrons. The van der Waals surface area contributed by atoms with E-state index in [9.17, 15) is 10.1 Å². The molecule has 0 aliphatic rings. The lowest BCUT2D eigenvalue weighted by atomic mass is 10.1. The topological polar surface area (TPSA) is 68.1 Å². The molecule has 0 spiro atoms. The summed E-state index contributed by atoms with van der Waals surface area (Å²) in [6.07, 6.45) is 3.60. The standard InChI is InChI=1S/C14H14BrN3O2/c1-10-4-2-3-5-11(10)6-7-17-14-12(15)8-16-9-13(14)18(19)20/h2-5,8-9H,6-7H2,1H3,(H,16,17). The Morgan fingerprint density at radius 2 is 2.10 bits per heavy atom. The largest absolute Gasteiger partial charge is 0.378 e. The molecule has 0 saturated heterocycles. The first-order chi connectivity index (χ1) is 9.59. The van der Waals surface area contributed by atoms with Crippen molar-refractivity contribution in [1.29, 1.82) is 0 Å². The summed E-state index contributed by atoms with van der Waals surface area (Å²) >= 11 is 3.29. The fraction of sp³-hybridized carbons (Fsp3) is 0.214. The number of pyridine rings is 1. The summed E-state index contributed by atoms with van der Waals surface area (Å²) in [5.41, 5.74) is 2.90. The van der Waals surface area contributed by atoms with Crippen molar-refractivity contribution in [2.24, 2.45) is 0 Å². The summed E-state index contributed by atoms with van der Waals surface area (Å²) < 4.78 is 0.594. The average molecular weight is 336 g/mol. The molecule has 0 saturated carbocycles. The van der Waals surface area contributed by atoms with Crippen LogP contribution in [0.5, 0.6) is 0 Å². The van der Waals surface area contributed by atoms with E-state index in [1.54, 1.807) is 6.20 Å². The molecule has 1 aromatic heterocycles. The van der Waals surface area contributed by atoms with Crippen LogP contribution in [0.3, 0.4) is 0 Å². The monoisotopic (exact) mass is 335 g/mol. The quantitative estimate of drug-likeness (QED) is 0.667. The van der Waals surface area contributed by atoms with Gasteiger partial charge in [-0.05, 0) is 40.4 Å². The summed E-state index contributed by atoms with van der Waals surface area (Å²) in [5.74, 6) is 0. The maximum Gasteiger partial charge on any atom is 0.311 e. The predicted molar refractivity (Wildman–Crippen MR) is 82.0 cm³/mol. The van der Waals surface area contributed by atoms with Crippen LogP contribution in [0, 0.1) is 17.0 Å². The van der Waals surface area contributed by atoms with Crippen LogP contribution in [0.1, 0.15) is 11.1 Å². The summed E-state index contributed by atoms with van der Waals surface area (Å²) in [7, 11) is 0. The SMILES string of the molecule is Cc1ccccc1CCNc1c(Br)cncc1[N+](=O)[O-]. The third-order valence-electron chi connectivity index (χ3n) is 3.03. The number of aryl methyl sites for hydroxylation is 1. The lowest BCUT2D eigenvalue weighted by molar-refractivity contribution is -0.384. The Morgan fingerprint density at radius 3 is 2.80 bits per heavy atom. The molecule has 0 bridgehead atoms. The van der Waals surface area contributed by atoms with E-state index >= 15 is 0 Å². The Bertz CT molecular complexity index is 632. The van der Waals surface area contributed by atoms with Gasteiger partial charge in [0, 0.05) is 12.7 Å². The number of hydrogen-bond donors (Lipinski definition) is 1. The molecule has 0 amide bonds. The van der Waals surface area contributed by atoms with E-state index in [2.05, 4.69) is 45.3 Å². The van der Waals surface area contributed by atoms with E-state index in [4.69, 9.17) is 0 Å². The molecule has 1 aromatic carbocycles. The van der Waals surface area contributed by atoms with Crippen LogP contribution in [0.4, 0.5) is 11.4 Å². The van der Waals surface area contributed by atoms with Gasteiger partial charge >= 0.3 is 5.69 Å². The van der Waals surface area contributed by atoms with Crippen molar-refractivity contribution in [3.8, 4) is 0 Å². The second-order valence-corrected chi connectivity index (χ2v) is 5.23. The minimum atomic E-state index is -0.437. The number of nitrogens with zero attached hydrogens (tertiary/aromatic N) is 2. The van der Waals surface area contributed by atoms with Crippen molar-refractivity contribution in [3.63, 3.8) is 0 Å². The zero-order valence-electron chi connectivity index (χ0n) is 11.0. The van der Waals surface area contributed by atoms with Gasteiger partial charge in [0.2, 0.25) is 0 Å². The van der Waals surface area contributed by atoms with E-state index in [-0.39, 0.29) is 5.69 Å². The van der Waals surface area contributed by atoms with Gasteiger partial charge in [-0.25, -0.2) is 0 Å². The maximum atomic E-state index is 11.0. The number of benzene rings is 1. The Hall–Kier alpha value is -1.95. The van der Waals surface area contributed by atoms with Crippen LogP contribution in [-0.4, -0.2) is 16.5 Å². The van der Waals surface area contributed by atoms with E-state index in [0.717, 1.165) is 6.42 Å². The molecule has 0 atom stereocenters. The van der Waals surface area contributed by atoms with E-state index in [0.29, 0.717) is 16.7 Å². The molecule has 1 heterocycles. The average Bonchev–Trinajstić information content (AvgIpc) is 2.42. The molecule has 2 rings (SSSR count). The number of anilines is 1. The normalized spacial score (nSPS) is 10.3. The van der Waals surface area contributed by atoms with Crippen molar-refractivity contribution < 1.29 is 4.92 Å². The second-order valence-electron chi connectivity index (χ2n) is 4.38. The van der Waals surface area contributed by atoms with Crippen molar-refractivity contribution in [2.45, 2.75) is 13.3 Å². The van der Waals surface area contributed by atoms with Crippen molar-refractivity contribution in [1.82, 2.24) is 4.98 Å². The predicted octanol–water partition coefficient (Wildman–Crippen LogP) is 3.72. The van der Waals surface area contributed by atoms with Crippen molar-refractivity contribution in [2.75, 3.05) is 11.9 Å². The lowest BCUT2D eigenvalue weighted by Crippen LogP contribution is -2.08. The Morgan fingerprint density at radius 1 is 1.35 bits per heavy atom. The fourth-order valence-corrected chi connectivity index (χ4v) is 2.41. The first-order valence-electron chi connectivity index (χ1n) is 6.16. The highest BCUT2D eigenvalue weighted by molar-refractivity contribution is 9.10. The van der Waals surface area contributed by atoms with Crippen molar-refractivity contribution in [3.05, 3.63) is 62.4 Å². The van der Waals surface area contributed by atoms with E-state index < -0.39 is 4.92 Å². The van der Waals surface area contributed by atoms with Crippen molar-refractivity contribution >= 4 is 27.3 Å². The van der Waals surface area contributed by atoms with E-state index in [1.165, 1.54) is 17.3 Å². The van der Waals surface area contributed by atoms with Crippen LogP contribution in [0.15, 0.2) is 41.1 Å². The zero-order chi connectivity index (χ0) is 14.5. The number of aromatic nitrogens is 1. The molecule has 0 aliphatic carbocycles. The summed E-state index contributed by atoms with van der Waals surface area (Å²) in [4.78, 5) is 14.3. The number of rotatable bonds is 5. The van der Waals surface area contributed by atoms with Gasteiger partial charge in [0.15, 0.2) is 0 Å². The molecular formula is C14H14BrN3O2. The van der Waals surface area contributed by atoms with Gasteiger partial charge in [0.25, 0.3) is 0 Å². The highest BCUT2D eigenvalue weighted by atomic mass is 79.9. The van der Waals surface area contributed by atoms with Crippen LogP contribution < -0.4 is 5.32 Å². The smallest absolute Gasteiger partial charge is 0.311 e. The minimum Gasteiger partial charge on any atom is -0.378 e. The zero-order valence-corrected chi connectivity index (χ0v) is 12.6. The Labute approximate surface area is 125 Å². The highest BCUT2D eigenvalue weighted by Crippen LogP contribution is 2.30. The Balaban J connectivity index is 2.08. The number of halogens is 1. The summed E-state index contributed by atoms with van der Waals surface area (Å²) in [6, 6.07) is 8.11. The first kappa shape index (κ1) is 14.5. The molecule has 6 heteroatoms. The Kier molecular flexibility index (Phi) is 4.68. The molecule has 2 aromatic rings. The van der Waals surface area contributed by atoms with Crippen LogP contribution >= 0.6 is 15.9 Å². The highest BCUT2D eigenvalue weighted by Gasteiger charge is 2.16. The van der Waals surface area contributed by atoms with Crippen LogP contribution in [-0.2, 0) is 6.42 Å². The van der Waals surface area contributed by atoms with Gasteiger partial charge in [-0.2, -0.15) is 0 Å². The number of nitro groups is 1. The van der Waals surface area contributed by atoms with Gasteiger partial charge in [-0.3, -0.25) is 15.1 Å². The van der Waals surface area contributed by atoms with Gasteiger partial charge < -0.3 is 5.32 Å². The van der Waals surface area contributed by atoms with Gasteiger partial charge in [-0.1, -0.05) is 24.3 Å². The molecule has 1 N–H and O–H groups in total. The van der Waals surface area contributed by atoms with Gasteiger partial charge in [-0.15, -0.1) is 0 Å². The number of hydrogen-bond acceptors (Lipinski definition) is 4. The van der Waals surface area contributed by atoms with Gasteiger partial charge in [0.1, 0.15) is 11.9 Å². The third-order valence-corrected chi connectivity index (χ3v) is 3.63. The number of nitrogens with one attached hydrogen (secondary N) is 1. The fourth-order valence-electron chi connectivity index (χ4n) is 1.95. The summed E-state index contributed by atoms with van der Waals surface area (Å²) in [6.45, 7) is 2.68. The molecule has 0 radical (unpaired) electrons. The molecule has 20 heavy (non-hydrogen) atoms. The first-order valence-corrected chi connectivity index (χ1v) is 6.95. The van der Waals surface area contributed by atoms with Crippen LogP contribution in [0.2, 0.25) is 0 Å². The van der Waals surface area contributed by atoms with E-state index in [1.807, 2.05) is 12.1 Å². The summed E-state index contributed by atoms with van der Waals surface area (Å²) in [5, 5.41) is 14.1. The molecule has 0 fully saturated rings. The van der Waals surface area contributed by atoms with Gasteiger partial charge in [0.05, 0.1) is 9.40 Å². The minimum absolute atomic E-state index is 0.0239. The second kappa shape index (κ2) is 6.47. The molecular weight excluding hydrogens is 322 g/mol. The molecule has 0 aliphatic heterocycles. The molecule has 0 unspecified atom stereocenters. The van der Waals surface area contributed by atoms with Crippen LogP contribution in [0.25, 0.3) is 0 Å². The third kappa shape index (κ3) is 3.33. The lowest BCUT2D eigenvalue weighted by Gasteiger charge is -2.10. The maximum absolute atomic E-state index is 11.0. The molecule has 5 nitrogen and oxygen atoms in total.